The lowest BCUT2D eigenvalue weighted by Crippen LogP contribution is -2.15. The quantitative estimate of drug-likeness (QED) is 0.832. The van der Waals surface area contributed by atoms with Crippen LogP contribution in [0, 0.1) is 0 Å². The van der Waals surface area contributed by atoms with Crippen LogP contribution >= 0.6 is 0 Å². The van der Waals surface area contributed by atoms with Crippen molar-refractivity contribution >= 4 is 11.9 Å². The average Bonchev–Trinajstić information content (AvgIpc) is 2.87. The number of benzene rings is 1. The molecule has 0 saturated heterocycles. The summed E-state index contributed by atoms with van der Waals surface area (Å²) in [5.74, 6) is 0.840. The number of aromatic nitrogens is 3. The zero-order chi connectivity index (χ0) is 14.4. The number of anilines is 1. The lowest BCUT2D eigenvalue weighted by Gasteiger charge is -2.03. The molecule has 0 aliphatic heterocycles. The van der Waals surface area contributed by atoms with E-state index in [1.807, 2.05) is 31.2 Å². The van der Waals surface area contributed by atoms with Crippen molar-refractivity contribution < 1.29 is 14.3 Å². The maximum atomic E-state index is 11.8. The van der Waals surface area contributed by atoms with E-state index >= 15 is 0 Å². The average molecular weight is 276 g/mol. The third-order valence-electron chi connectivity index (χ3n) is 2.52. The van der Waals surface area contributed by atoms with Crippen molar-refractivity contribution in [3.05, 3.63) is 29.8 Å². The molecule has 0 aliphatic rings. The molecule has 2 aromatic rings. The van der Waals surface area contributed by atoms with Gasteiger partial charge in [-0.05, 0) is 24.6 Å². The van der Waals surface area contributed by atoms with Gasteiger partial charge in [0.2, 0.25) is 11.9 Å². The van der Waals surface area contributed by atoms with Crippen LogP contribution in [0.4, 0.5) is 5.95 Å². The standard InChI is InChI=1S/C13H16N4O3/c1-3-20-13-15-12(16-17-13)14-11(18)8-9-4-6-10(19-2)7-5-9/h4-7H,3,8H2,1-2H3,(H2,14,15,16,17,18). The Morgan fingerprint density at radius 3 is 2.75 bits per heavy atom. The summed E-state index contributed by atoms with van der Waals surface area (Å²) < 4.78 is 10.2. The van der Waals surface area contributed by atoms with Gasteiger partial charge in [-0.25, -0.2) is 5.10 Å². The summed E-state index contributed by atoms with van der Waals surface area (Å²) in [5, 5.41) is 9.01. The molecule has 7 heteroatoms. The van der Waals surface area contributed by atoms with Gasteiger partial charge in [0.05, 0.1) is 20.1 Å². The molecule has 2 rings (SSSR count). The molecule has 1 aromatic carbocycles. The fourth-order valence-corrected chi connectivity index (χ4v) is 1.60. The van der Waals surface area contributed by atoms with Gasteiger partial charge in [-0.2, -0.15) is 4.98 Å². The van der Waals surface area contributed by atoms with Gasteiger partial charge < -0.3 is 9.47 Å². The fraction of sp³-hybridized carbons (Fsp3) is 0.308. The highest BCUT2D eigenvalue weighted by molar-refractivity contribution is 5.90. The molecule has 2 N–H and O–H groups in total. The Morgan fingerprint density at radius 1 is 1.35 bits per heavy atom. The first-order valence-electron chi connectivity index (χ1n) is 6.19. The first-order valence-corrected chi connectivity index (χ1v) is 6.19. The molecule has 20 heavy (non-hydrogen) atoms. The van der Waals surface area contributed by atoms with E-state index in [-0.39, 0.29) is 24.3 Å². The van der Waals surface area contributed by atoms with Crippen LogP contribution in [0.15, 0.2) is 24.3 Å². The molecule has 0 atom stereocenters. The Bertz CT molecular complexity index is 565. The van der Waals surface area contributed by atoms with Crippen molar-refractivity contribution in [1.82, 2.24) is 15.2 Å². The van der Waals surface area contributed by atoms with Crippen LogP contribution in [-0.2, 0) is 11.2 Å². The van der Waals surface area contributed by atoms with E-state index in [4.69, 9.17) is 9.47 Å². The number of carbonyl (C=O) groups is 1. The van der Waals surface area contributed by atoms with Gasteiger partial charge in [0, 0.05) is 0 Å². The number of H-pyrrole nitrogens is 1. The number of methoxy groups -OCH3 is 1. The third kappa shape index (κ3) is 3.71. The lowest BCUT2D eigenvalue weighted by molar-refractivity contribution is -0.115. The summed E-state index contributed by atoms with van der Waals surface area (Å²) >= 11 is 0. The van der Waals surface area contributed by atoms with Crippen molar-refractivity contribution in [3.63, 3.8) is 0 Å². The molecule has 1 heterocycles. The lowest BCUT2D eigenvalue weighted by atomic mass is 10.1. The van der Waals surface area contributed by atoms with Gasteiger partial charge in [0.15, 0.2) is 0 Å². The fourth-order valence-electron chi connectivity index (χ4n) is 1.60. The molecule has 0 unspecified atom stereocenters. The Morgan fingerprint density at radius 2 is 2.10 bits per heavy atom. The highest BCUT2D eigenvalue weighted by atomic mass is 16.5. The minimum Gasteiger partial charge on any atom is -0.497 e. The van der Waals surface area contributed by atoms with Crippen LogP contribution in [-0.4, -0.2) is 34.8 Å². The Balaban J connectivity index is 1.90. The van der Waals surface area contributed by atoms with E-state index in [0.29, 0.717) is 6.61 Å². The Hall–Kier alpha value is -2.57. The smallest absolute Gasteiger partial charge is 0.337 e. The van der Waals surface area contributed by atoms with Gasteiger partial charge in [0.25, 0.3) is 0 Å². The van der Waals surface area contributed by atoms with E-state index in [2.05, 4.69) is 20.5 Å². The maximum Gasteiger partial charge on any atom is 0.337 e. The predicted molar refractivity (Wildman–Crippen MR) is 72.9 cm³/mol. The van der Waals surface area contributed by atoms with Crippen molar-refractivity contribution in [3.8, 4) is 11.8 Å². The largest absolute Gasteiger partial charge is 0.497 e. The van der Waals surface area contributed by atoms with E-state index in [1.165, 1.54) is 0 Å². The second-order valence-electron chi connectivity index (χ2n) is 3.97. The molecular weight excluding hydrogens is 260 g/mol. The van der Waals surface area contributed by atoms with Crippen LogP contribution < -0.4 is 14.8 Å². The number of aromatic amines is 1. The number of nitrogens with one attached hydrogen (secondary N) is 2. The summed E-state index contributed by atoms with van der Waals surface area (Å²) in [6, 6.07) is 7.51. The summed E-state index contributed by atoms with van der Waals surface area (Å²) in [7, 11) is 1.60. The minimum atomic E-state index is -0.186. The van der Waals surface area contributed by atoms with Crippen LogP contribution in [0.1, 0.15) is 12.5 Å². The third-order valence-corrected chi connectivity index (χ3v) is 2.52. The maximum absolute atomic E-state index is 11.8. The molecule has 1 aromatic heterocycles. The summed E-state index contributed by atoms with van der Waals surface area (Å²) in [4.78, 5) is 15.8. The number of amides is 1. The highest BCUT2D eigenvalue weighted by Crippen LogP contribution is 2.12. The van der Waals surface area contributed by atoms with Gasteiger partial charge in [-0.3, -0.25) is 10.1 Å². The molecule has 0 spiro atoms. The Kier molecular flexibility index (Phi) is 4.54. The van der Waals surface area contributed by atoms with Gasteiger partial charge in [-0.15, -0.1) is 5.10 Å². The normalized spacial score (nSPS) is 10.1. The molecule has 0 aliphatic carbocycles. The zero-order valence-electron chi connectivity index (χ0n) is 11.3. The van der Waals surface area contributed by atoms with E-state index in [0.717, 1.165) is 11.3 Å². The van der Waals surface area contributed by atoms with Crippen molar-refractivity contribution in [2.45, 2.75) is 13.3 Å². The van der Waals surface area contributed by atoms with Gasteiger partial charge in [-0.1, -0.05) is 12.1 Å². The van der Waals surface area contributed by atoms with Crippen LogP contribution in [0.5, 0.6) is 11.8 Å². The SMILES string of the molecule is CCOc1n[nH]c(NC(=O)Cc2ccc(OC)cc2)n1. The van der Waals surface area contributed by atoms with Crippen molar-refractivity contribution in [1.29, 1.82) is 0 Å². The van der Waals surface area contributed by atoms with Crippen LogP contribution in [0.25, 0.3) is 0 Å². The first-order chi connectivity index (χ1) is 9.71. The van der Waals surface area contributed by atoms with Gasteiger partial charge in [0.1, 0.15) is 5.75 Å². The number of hydrogen-bond acceptors (Lipinski definition) is 5. The molecule has 0 saturated carbocycles. The predicted octanol–water partition coefficient (Wildman–Crippen LogP) is 1.39. The molecule has 1 amide bonds. The number of carbonyl (C=O) groups excluding carboxylic acids is 1. The Labute approximate surface area is 116 Å². The molecule has 106 valence electrons. The monoisotopic (exact) mass is 276 g/mol. The minimum absolute atomic E-state index is 0.186. The van der Waals surface area contributed by atoms with E-state index < -0.39 is 0 Å². The van der Waals surface area contributed by atoms with E-state index in [1.54, 1.807) is 7.11 Å². The van der Waals surface area contributed by atoms with Crippen LogP contribution in [0.2, 0.25) is 0 Å². The highest BCUT2D eigenvalue weighted by Gasteiger charge is 2.08. The second-order valence-corrected chi connectivity index (χ2v) is 3.97. The number of rotatable bonds is 6. The van der Waals surface area contributed by atoms with E-state index in [9.17, 15) is 4.79 Å². The topological polar surface area (TPSA) is 89.1 Å². The molecule has 0 bridgehead atoms. The summed E-state index contributed by atoms with van der Waals surface area (Å²) in [6.07, 6.45) is 0.245. The van der Waals surface area contributed by atoms with Gasteiger partial charge >= 0.3 is 6.01 Å². The van der Waals surface area contributed by atoms with Crippen LogP contribution in [0.3, 0.4) is 0 Å². The second kappa shape index (κ2) is 6.55. The number of nitrogens with zero attached hydrogens (tertiary/aromatic N) is 2. The number of ether oxygens (including phenoxy) is 2. The molecule has 0 fully saturated rings. The molecule has 0 radical (unpaired) electrons. The zero-order valence-corrected chi connectivity index (χ0v) is 11.3. The first kappa shape index (κ1) is 13.9. The summed E-state index contributed by atoms with van der Waals surface area (Å²) in [6.45, 7) is 2.30. The number of hydrogen-bond donors (Lipinski definition) is 2. The molecule has 7 nitrogen and oxygen atoms in total. The van der Waals surface area contributed by atoms with Crippen molar-refractivity contribution in [2.24, 2.45) is 0 Å². The summed E-state index contributed by atoms with van der Waals surface area (Å²) in [5.41, 5.74) is 0.882. The molecular formula is C13H16N4O3. The van der Waals surface area contributed by atoms with Crippen molar-refractivity contribution in [2.75, 3.05) is 19.0 Å².